The molecule has 0 saturated carbocycles. The quantitative estimate of drug-likeness (QED) is 0.377. The fourth-order valence-corrected chi connectivity index (χ4v) is 3.51. The Hall–Kier alpha value is -3.94. The third-order valence-electron chi connectivity index (χ3n) is 5.17. The van der Waals surface area contributed by atoms with Crippen molar-refractivity contribution in [3.8, 4) is 0 Å². The number of hydrogen-bond donors (Lipinski definition) is 2. The molecule has 1 unspecified atom stereocenters. The molecule has 166 valence electrons. The second-order valence-electron chi connectivity index (χ2n) is 7.20. The van der Waals surface area contributed by atoms with Crippen molar-refractivity contribution in [1.82, 2.24) is 10.2 Å². The highest BCUT2D eigenvalue weighted by Gasteiger charge is 2.51. The summed E-state index contributed by atoms with van der Waals surface area (Å²) in [5.74, 6) is -1.38. The summed E-state index contributed by atoms with van der Waals surface area (Å²) in [6.07, 6.45) is 3.28. The Balaban J connectivity index is 1.64. The number of esters is 1. The molecule has 1 saturated heterocycles. The molecule has 0 aromatic heterocycles. The normalized spacial score (nSPS) is 18.0. The molecule has 8 nitrogen and oxygen atoms in total. The van der Waals surface area contributed by atoms with Gasteiger partial charge in [-0.15, -0.1) is 0 Å². The average molecular weight is 435 g/mol. The van der Waals surface area contributed by atoms with Gasteiger partial charge in [0.05, 0.1) is 6.61 Å². The molecule has 0 bridgehead atoms. The number of amides is 4. The molecule has 3 rings (SSSR count). The molecular weight excluding hydrogens is 410 g/mol. The van der Waals surface area contributed by atoms with Crippen molar-refractivity contribution in [2.24, 2.45) is 0 Å². The molecule has 2 aromatic carbocycles. The Labute approximate surface area is 186 Å². The number of benzene rings is 2. The number of imide groups is 1. The smallest absolute Gasteiger partial charge is 0.330 e. The van der Waals surface area contributed by atoms with Crippen LogP contribution in [0.3, 0.4) is 0 Å². The van der Waals surface area contributed by atoms with Gasteiger partial charge in [0.1, 0.15) is 12.1 Å². The van der Waals surface area contributed by atoms with Crippen LogP contribution >= 0.6 is 0 Å². The van der Waals surface area contributed by atoms with E-state index in [0.717, 1.165) is 10.5 Å². The fraction of sp³-hybridized carbons (Fsp3) is 0.250. The number of carbonyl (C=O) groups is 4. The monoisotopic (exact) mass is 435 g/mol. The zero-order valence-electron chi connectivity index (χ0n) is 18.0. The highest BCUT2D eigenvalue weighted by molar-refractivity contribution is 6.10. The molecule has 2 aromatic rings. The SMILES string of the molecule is CCOC(=O)/C=C/c1ccc(NC(=O)CN2C(=O)NC(CC)(c3ccccc3)C2=O)cc1. The van der Waals surface area contributed by atoms with Crippen molar-refractivity contribution in [2.75, 3.05) is 18.5 Å². The molecule has 0 spiro atoms. The molecule has 4 amide bonds. The second kappa shape index (κ2) is 9.91. The summed E-state index contributed by atoms with van der Waals surface area (Å²) >= 11 is 0. The third kappa shape index (κ3) is 4.85. The summed E-state index contributed by atoms with van der Waals surface area (Å²) in [7, 11) is 0. The number of carbonyl (C=O) groups excluding carboxylic acids is 4. The largest absolute Gasteiger partial charge is 0.463 e. The lowest BCUT2D eigenvalue weighted by molar-refractivity contribution is -0.137. The van der Waals surface area contributed by atoms with Crippen LogP contribution in [-0.4, -0.2) is 41.9 Å². The molecule has 0 radical (unpaired) electrons. The first-order chi connectivity index (χ1) is 15.4. The van der Waals surface area contributed by atoms with E-state index in [9.17, 15) is 19.2 Å². The van der Waals surface area contributed by atoms with Crippen LogP contribution in [0.1, 0.15) is 31.4 Å². The van der Waals surface area contributed by atoms with Gasteiger partial charge < -0.3 is 15.4 Å². The number of rotatable bonds is 8. The summed E-state index contributed by atoms with van der Waals surface area (Å²) in [6.45, 7) is 3.44. The molecule has 0 aliphatic carbocycles. The van der Waals surface area contributed by atoms with Crippen molar-refractivity contribution in [3.63, 3.8) is 0 Å². The van der Waals surface area contributed by atoms with Gasteiger partial charge in [0.15, 0.2) is 0 Å². The fourth-order valence-electron chi connectivity index (χ4n) is 3.51. The molecular formula is C24H25N3O5. The molecule has 8 heteroatoms. The van der Waals surface area contributed by atoms with E-state index in [1.165, 1.54) is 6.08 Å². The summed E-state index contributed by atoms with van der Waals surface area (Å²) in [5, 5.41) is 5.43. The minimum Gasteiger partial charge on any atom is -0.463 e. The third-order valence-corrected chi connectivity index (χ3v) is 5.17. The standard InChI is InChI=1S/C24H25N3O5/c1-3-24(18-8-6-5-7-9-18)22(30)27(23(31)26-24)16-20(28)25-19-13-10-17(11-14-19)12-15-21(29)32-4-2/h5-15H,3-4,16H2,1-2H3,(H,25,28)(H,26,31)/b15-12+. The first-order valence-electron chi connectivity index (χ1n) is 10.3. The predicted molar refractivity (Wildman–Crippen MR) is 119 cm³/mol. The number of ether oxygens (including phenoxy) is 1. The van der Waals surface area contributed by atoms with E-state index < -0.39 is 35.9 Å². The minimum atomic E-state index is -1.18. The first kappa shape index (κ1) is 22.7. The topological polar surface area (TPSA) is 105 Å². The zero-order chi connectivity index (χ0) is 23.1. The van der Waals surface area contributed by atoms with E-state index in [2.05, 4.69) is 10.6 Å². The van der Waals surface area contributed by atoms with Crippen molar-refractivity contribution >= 4 is 35.6 Å². The minimum absolute atomic E-state index is 0.302. The Kier molecular flexibility index (Phi) is 7.04. The van der Waals surface area contributed by atoms with Crippen LogP contribution in [0.2, 0.25) is 0 Å². The molecule has 1 atom stereocenters. The molecule has 1 aliphatic rings. The summed E-state index contributed by atoms with van der Waals surface area (Å²) in [4.78, 5) is 50.4. The van der Waals surface area contributed by atoms with Gasteiger partial charge in [0, 0.05) is 11.8 Å². The highest BCUT2D eigenvalue weighted by atomic mass is 16.5. The number of nitrogens with one attached hydrogen (secondary N) is 2. The maximum absolute atomic E-state index is 13.1. The molecule has 1 aliphatic heterocycles. The van der Waals surface area contributed by atoms with E-state index in [1.54, 1.807) is 61.5 Å². The van der Waals surface area contributed by atoms with Gasteiger partial charge in [-0.05, 0) is 42.7 Å². The molecule has 32 heavy (non-hydrogen) atoms. The maximum Gasteiger partial charge on any atom is 0.330 e. The number of anilines is 1. The molecule has 1 heterocycles. The van der Waals surface area contributed by atoms with Gasteiger partial charge in [0.2, 0.25) is 5.91 Å². The van der Waals surface area contributed by atoms with Crippen molar-refractivity contribution in [2.45, 2.75) is 25.8 Å². The van der Waals surface area contributed by atoms with Crippen molar-refractivity contribution in [1.29, 1.82) is 0 Å². The van der Waals surface area contributed by atoms with Crippen LogP contribution in [0.25, 0.3) is 6.08 Å². The maximum atomic E-state index is 13.1. The van der Waals surface area contributed by atoms with Crippen LogP contribution in [0.5, 0.6) is 0 Å². The summed E-state index contributed by atoms with van der Waals surface area (Å²) in [6, 6.07) is 15.1. The first-order valence-corrected chi connectivity index (χ1v) is 10.3. The Bertz CT molecular complexity index is 1030. The van der Waals surface area contributed by atoms with Crippen LogP contribution < -0.4 is 10.6 Å². The van der Waals surface area contributed by atoms with E-state index in [4.69, 9.17) is 4.74 Å². The van der Waals surface area contributed by atoms with E-state index in [-0.39, 0.29) is 0 Å². The zero-order valence-corrected chi connectivity index (χ0v) is 18.0. The lowest BCUT2D eigenvalue weighted by Gasteiger charge is -2.25. The van der Waals surface area contributed by atoms with Crippen molar-refractivity contribution < 1.29 is 23.9 Å². The summed E-state index contributed by atoms with van der Waals surface area (Å²) < 4.78 is 4.82. The van der Waals surface area contributed by atoms with Crippen LogP contribution in [0.15, 0.2) is 60.7 Å². The number of hydrogen-bond acceptors (Lipinski definition) is 5. The van der Waals surface area contributed by atoms with E-state index in [0.29, 0.717) is 24.3 Å². The van der Waals surface area contributed by atoms with Gasteiger partial charge in [-0.3, -0.25) is 14.5 Å². The van der Waals surface area contributed by atoms with Crippen molar-refractivity contribution in [3.05, 3.63) is 71.8 Å². The lowest BCUT2D eigenvalue weighted by Crippen LogP contribution is -2.44. The highest BCUT2D eigenvalue weighted by Crippen LogP contribution is 2.32. The Morgan fingerprint density at radius 3 is 2.38 bits per heavy atom. The van der Waals surface area contributed by atoms with Gasteiger partial charge in [-0.1, -0.05) is 49.4 Å². The number of urea groups is 1. The second-order valence-corrected chi connectivity index (χ2v) is 7.20. The summed E-state index contributed by atoms with van der Waals surface area (Å²) in [5.41, 5.74) is 0.752. The van der Waals surface area contributed by atoms with E-state index in [1.807, 2.05) is 13.0 Å². The molecule has 2 N–H and O–H groups in total. The van der Waals surface area contributed by atoms with E-state index >= 15 is 0 Å². The predicted octanol–water partition coefficient (Wildman–Crippen LogP) is 3.06. The lowest BCUT2D eigenvalue weighted by atomic mass is 9.87. The average Bonchev–Trinajstić information content (AvgIpc) is 3.04. The Morgan fingerprint density at radius 1 is 1.06 bits per heavy atom. The van der Waals surface area contributed by atoms with Crippen LogP contribution in [0.4, 0.5) is 10.5 Å². The van der Waals surface area contributed by atoms with Gasteiger partial charge in [-0.2, -0.15) is 0 Å². The molecule has 1 fully saturated rings. The van der Waals surface area contributed by atoms with Crippen LogP contribution in [0, 0.1) is 0 Å². The van der Waals surface area contributed by atoms with Crippen LogP contribution in [-0.2, 0) is 24.7 Å². The van der Waals surface area contributed by atoms with Gasteiger partial charge in [-0.25, -0.2) is 9.59 Å². The van der Waals surface area contributed by atoms with Gasteiger partial charge >= 0.3 is 12.0 Å². The number of nitrogens with zero attached hydrogens (tertiary/aromatic N) is 1. The Morgan fingerprint density at radius 2 is 1.75 bits per heavy atom. The van der Waals surface area contributed by atoms with Gasteiger partial charge in [0.25, 0.3) is 5.91 Å².